The Balaban J connectivity index is 1.25. The number of carbonyl (C=O) groups excluding carboxylic acids is 3. The van der Waals surface area contributed by atoms with Crippen molar-refractivity contribution in [3.8, 4) is 11.1 Å². The topological polar surface area (TPSA) is 60.9 Å². The van der Waals surface area contributed by atoms with Crippen LogP contribution >= 0.6 is 0 Å². The second-order valence-corrected chi connectivity index (χ2v) is 7.99. The van der Waals surface area contributed by atoms with Crippen LogP contribution in [-0.4, -0.2) is 60.2 Å². The quantitative estimate of drug-likeness (QED) is 0.602. The van der Waals surface area contributed by atoms with E-state index >= 15 is 0 Å². The molecule has 2 aliphatic heterocycles. The molecule has 5 rings (SSSR count). The molecule has 0 aliphatic carbocycles. The Bertz CT molecular complexity index is 1150. The van der Waals surface area contributed by atoms with E-state index in [0.29, 0.717) is 37.3 Å². The summed E-state index contributed by atoms with van der Waals surface area (Å²) >= 11 is 0. The first-order valence-corrected chi connectivity index (χ1v) is 10.8. The van der Waals surface area contributed by atoms with Gasteiger partial charge in [-0.1, -0.05) is 60.7 Å². The molecule has 0 bridgehead atoms. The number of imide groups is 1. The molecule has 3 aromatic rings. The van der Waals surface area contributed by atoms with Crippen LogP contribution in [0.3, 0.4) is 0 Å². The molecule has 0 spiro atoms. The van der Waals surface area contributed by atoms with Crippen molar-refractivity contribution in [1.82, 2.24) is 9.80 Å². The predicted octanol–water partition coefficient (Wildman–Crippen LogP) is 3.30. The summed E-state index contributed by atoms with van der Waals surface area (Å²) in [6.45, 7) is 2.26. The number of benzene rings is 3. The number of piperazine rings is 1. The highest BCUT2D eigenvalue weighted by molar-refractivity contribution is 6.22. The second kappa shape index (κ2) is 8.30. The lowest BCUT2D eigenvalue weighted by Crippen LogP contribution is -2.52. The molecule has 32 heavy (non-hydrogen) atoms. The van der Waals surface area contributed by atoms with E-state index in [-0.39, 0.29) is 12.5 Å². The third-order valence-corrected chi connectivity index (χ3v) is 6.13. The molecule has 1 saturated heterocycles. The van der Waals surface area contributed by atoms with Gasteiger partial charge in [0.15, 0.2) is 0 Å². The first kappa shape index (κ1) is 20.0. The molecular weight excluding hydrogens is 402 g/mol. The van der Waals surface area contributed by atoms with Crippen LogP contribution in [0.5, 0.6) is 0 Å². The number of carbonyl (C=O) groups is 3. The van der Waals surface area contributed by atoms with Crippen LogP contribution in [0.25, 0.3) is 11.1 Å². The highest BCUT2D eigenvalue weighted by Gasteiger charge is 2.37. The van der Waals surface area contributed by atoms with Crippen LogP contribution < -0.4 is 4.90 Å². The van der Waals surface area contributed by atoms with Gasteiger partial charge in [-0.25, -0.2) is 0 Å². The predicted molar refractivity (Wildman–Crippen MR) is 122 cm³/mol. The third kappa shape index (κ3) is 3.54. The highest BCUT2D eigenvalue weighted by atomic mass is 16.2. The molecule has 0 saturated carbocycles. The largest absolute Gasteiger partial charge is 0.367 e. The normalized spacial score (nSPS) is 15.8. The Hall–Kier alpha value is -3.93. The van der Waals surface area contributed by atoms with Gasteiger partial charge in [0.2, 0.25) is 5.91 Å². The average Bonchev–Trinajstić information content (AvgIpc) is 3.09. The number of hydrogen-bond donors (Lipinski definition) is 0. The lowest BCUT2D eigenvalue weighted by molar-refractivity contribution is -0.131. The molecule has 0 radical (unpaired) electrons. The van der Waals surface area contributed by atoms with Gasteiger partial charge in [0.25, 0.3) is 11.8 Å². The minimum absolute atomic E-state index is 0.199. The lowest BCUT2D eigenvalue weighted by Gasteiger charge is -2.37. The van der Waals surface area contributed by atoms with Gasteiger partial charge in [0, 0.05) is 37.4 Å². The molecule has 0 atom stereocenters. The van der Waals surface area contributed by atoms with Crippen LogP contribution in [-0.2, 0) is 4.79 Å². The SMILES string of the molecule is O=C(CN1C(=O)c2ccccc2C1=O)N1CCN(c2ccccc2-c2ccccc2)CC1. The Kier molecular flexibility index (Phi) is 5.19. The Morgan fingerprint density at radius 3 is 1.81 bits per heavy atom. The Morgan fingerprint density at radius 1 is 0.656 bits per heavy atom. The van der Waals surface area contributed by atoms with Gasteiger partial charge in [-0.2, -0.15) is 0 Å². The molecule has 0 unspecified atom stereocenters. The summed E-state index contributed by atoms with van der Waals surface area (Å²) in [6.07, 6.45) is 0. The lowest BCUT2D eigenvalue weighted by atomic mass is 10.0. The summed E-state index contributed by atoms with van der Waals surface area (Å²) in [7, 11) is 0. The number of anilines is 1. The number of hydrogen-bond acceptors (Lipinski definition) is 4. The van der Waals surface area contributed by atoms with E-state index in [2.05, 4.69) is 29.2 Å². The van der Waals surface area contributed by atoms with Gasteiger partial charge in [-0.15, -0.1) is 0 Å². The zero-order valence-corrected chi connectivity index (χ0v) is 17.6. The fraction of sp³-hybridized carbons (Fsp3) is 0.192. The number of rotatable bonds is 4. The smallest absolute Gasteiger partial charge is 0.262 e. The summed E-state index contributed by atoms with van der Waals surface area (Å²) in [6, 6.07) is 25.3. The molecule has 0 aromatic heterocycles. The molecule has 2 heterocycles. The number of amides is 3. The van der Waals surface area contributed by atoms with E-state index < -0.39 is 11.8 Å². The van der Waals surface area contributed by atoms with Crippen molar-refractivity contribution in [2.24, 2.45) is 0 Å². The van der Waals surface area contributed by atoms with Crippen molar-refractivity contribution in [1.29, 1.82) is 0 Å². The van der Waals surface area contributed by atoms with Crippen molar-refractivity contribution in [3.63, 3.8) is 0 Å². The van der Waals surface area contributed by atoms with E-state index in [1.165, 1.54) is 5.56 Å². The average molecular weight is 425 g/mol. The highest BCUT2D eigenvalue weighted by Crippen LogP contribution is 2.31. The molecule has 6 heteroatoms. The zero-order valence-electron chi connectivity index (χ0n) is 17.6. The maximum absolute atomic E-state index is 12.9. The Labute approximate surface area is 186 Å². The van der Waals surface area contributed by atoms with Crippen LogP contribution in [0.1, 0.15) is 20.7 Å². The van der Waals surface area contributed by atoms with E-state index in [4.69, 9.17) is 0 Å². The summed E-state index contributed by atoms with van der Waals surface area (Å²) < 4.78 is 0. The molecule has 0 N–H and O–H groups in total. The van der Waals surface area contributed by atoms with E-state index in [0.717, 1.165) is 16.2 Å². The van der Waals surface area contributed by atoms with E-state index in [1.807, 2.05) is 30.3 Å². The van der Waals surface area contributed by atoms with Gasteiger partial charge >= 0.3 is 0 Å². The van der Waals surface area contributed by atoms with Gasteiger partial charge in [0.05, 0.1) is 11.1 Å². The van der Waals surface area contributed by atoms with Gasteiger partial charge in [0.1, 0.15) is 6.54 Å². The maximum atomic E-state index is 12.9. The first-order valence-electron chi connectivity index (χ1n) is 10.8. The zero-order chi connectivity index (χ0) is 22.1. The van der Waals surface area contributed by atoms with Crippen LogP contribution in [0.4, 0.5) is 5.69 Å². The van der Waals surface area contributed by atoms with E-state index in [9.17, 15) is 14.4 Å². The third-order valence-electron chi connectivity index (χ3n) is 6.13. The van der Waals surface area contributed by atoms with Crippen molar-refractivity contribution >= 4 is 23.4 Å². The monoisotopic (exact) mass is 425 g/mol. The van der Waals surface area contributed by atoms with Crippen molar-refractivity contribution in [3.05, 3.63) is 90.0 Å². The number of nitrogens with zero attached hydrogens (tertiary/aromatic N) is 3. The molecule has 160 valence electrons. The number of para-hydroxylation sites is 1. The summed E-state index contributed by atoms with van der Waals surface area (Å²) in [5, 5.41) is 0. The van der Waals surface area contributed by atoms with Crippen LogP contribution in [0, 0.1) is 0 Å². The van der Waals surface area contributed by atoms with Crippen molar-refractivity contribution in [2.75, 3.05) is 37.6 Å². The molecule has 3 amide bonds. The maximum Gasteiger partial charge on any atom is 0.262 e. The first-order chi connectivity index (χ1) is 15.6. The fourth-order valence-electron chi connectivity index (χ4n) is 4.43. The Morgan fingerprint density at radius 2 is 1.19 bits per heavy atom. The standard InChI is InChI=1S/C26H23N3O3/c30-24(18-29-25(31)21-11-4-5-12-22(21)26(29)32)28-16-14-27(15-17-28)23-13-7-6-10-20(23)19-8-2-1-3-9-19/h1-13H,14-18H2. The van der Waals surface area contributed by atoms with Gasteiger partial charge in [-0.05, 0) is 23.8 Å². The van der Waals surface area contributed by atoms with Gasteiger partial charge in [-0.3, -0.25) is 19.3 Å². The van der Waals surface area contributed by atoms with Crippen molar-refractivity contribution in [2.45, 2.75) is 0 Å². The second-order valence-electron chi connectivity index (χ2n) is 7.99. The van der Waals surface area contributed by atoms with Crippen LogP contribution in [0.2, 0.25) is 0 Å². The number of fused-ring (bicyclic) bond motifs is 1. The molecule has 6 nitrogen and oxygen atoms in total. The minimum Gasteiger partial charge on any atom is -0.367 e. The van der Waals surface area contributed by atoms with Crippen LogP contribution in [0.15, 0.2) is 78.9 Å². The van der Waals surface area contributed by atoms with E-state index in [1.54, 1.807) is 29.2 Å². The molecule has 2 aliphatic rings. The minimum atomic E-state index is -0.394. The molecular formula is C26H23N3O3. The van der Waals surface area contributed by atoms with Gasteiger partial charge < -0.3 is 9.80 Å². The molecule has 3 aromatic carbocycles. The summed E-state index contributed by atoms with van der Waals surface area (Å²) in [5.41, 5.74) is 4.21. The summed E-state index contributed by atoms with van der Waals surface area (Å²) in [4.78, 5) is 43.1. The fourth-order valence-corrected chi connectivity index (χ4v) is 4.43. The van der Waals surface area contributed by atoms with Crippen molar-refractivity contribution < 1.29 is 14.4 Å². The molecule has 1 fully saturated rings. The summed E-state index contributed by atoms with van der Waals surface area (Å²) in [5.74, 6) is -0.987.